The third-order valence-corrected chi connectivity index (χ3v) is 5.38. The number of benzene rings is 1. The van der Waals surface area contributed by atoms with Crippen LogP contribution in [0.15, 0.2) is 29.2 Å². The zero-order valence-electron chi connectivity index (χ0n) is 13.1. The van der Waals surface area contributed by atoms with E-state index in [2.05, 4.69) is 12.2 Å². The van der Waals surface area contributed by atoms with Crippen LogP contribution < -0.4 is 5.32 Å². The van der Waals surface area contributed by atoms with E-state index in [1.165, 1.54) is 16.4 Å². The smallest absolute Gasteiger partial charge is 0.251 e. The molecule has 0 aliphatic rings. The van der Waals surface area contributed by atoms with E-state index in [1.54, 1.807) is 19.2 Å². The summed E-state index contributed by atoms with van der Waals surface area (Å²) in [6.07, 6.45) is 1.94. The first kappa shape index (κ1) is 17.7. The number of sulfonamides is 1. The normalized spacial score (nSPS) is 11.9. The summed E-state index contributed by atoms with van der Waals surface area (Å²) < 4.78 is 25.9. The van der Waals surface area contributed by atoms with E-state index in [0.717, 1.165) is 12.8 Å². The van der Waals surface area contributed by atoms with Crippen LogP contribution in [0.25, 0.3) is 0 Å². The summed E-state index contributed by atoms with van der Waals surface area (Å²) in [5, 5.41) is 2.80. The summed E-state index contributed by atoms with van der Waals surface area (Å²) in [5.74, 6) is -0.176. The van der Waals surface area contributed by atoms with Crippen molar-refractivity contribution in [3.8, 4) is 0 Å². The highest BCUT2D eigenvalue weighted by molar-refractivity contribution is 7.89. The Hall–Kier alpha value is -1.40. The van der Waals surface area contributed by atoms with Gasteiger partial charge in [-0.25, -0.2) is 8.42 Å². The van der Waals surface area contributed by atoms with Crippen LogP contribution >= 0.6 is 0 Å². The predicted octanol–water partition coefficient (Wildman–Crippen LogP) is 2.25. The molecule has 0 atom stereocenters. The molecule has 0 spiro atoms. The summed E-state index contributed by atoms with van der Waals surface area (Å²) in [6, 6.07) is 5.92. The molecular formula is C15H24N2O3S. The molecule has 0 aliphatic carbocycles. The van der Waals surface area contributed by atoms with Crippen LogP contribution in [0.4, 0.5) is 0 Å². The van der Waals surface area contributed by atoms with Gasteiger partial charge in [0.25, 0.3) is 5.91 Å². The summed E-state index contributed by atoms with van der Waals surface area (Å²) in [7, 11) is -1.95. The lowest BCUT2D eigenvalue weighted by Gasteiger charge is -2.21. The molecule has 0 aromatic heterocycles. The van der Waals surface area contributed by atoms with Gasteiger partial charge in [-0.05, 0) is 44.5 Å². The van der Waals surface area contributed by atoms with E-state index in [0.29, 0.717) is 12.1 Å². The first-order valence-electron chi connectivity index (χ1n) is 7.17. The Kier molecular flexibility index (Phi) is 6.36. The number of nitrogens with zero attached hydrogens (tertiary/aromatic N) is 1. The van der Waals surface area contributed by atoms with Crippen molar-refractivity contribution in [1.82, 2.24) is 9.62 Å². The van der Waals surface area contributed by atoms with Crippen LogP contribution in [0.3, 0.4) is 0 Å². The topological polar surface area (TPSA) is 66.5 Å². The second-order valence-corrected chi connectivity index (χ2v) is 7.25. The number of carbonyl (C=O) groups excluding carboxylic acids is 1. The molecule has 6 heteroatoms. The Bertz CT molecular complexity index is 565. The van der Waals surface area contributed by atoms with Crippen LogP contribution in [-0.4, -0.2) is 38.3 Å². The molecule has 0 fully saturated rings. The van der Waals surface area contributed by atoms with E-state index in [1.807, 2.05) is 13.8 Å². The second kappa shape index (κ2) is 7.56. The SMILES string of the molecule is CCCCNC(=O)c1ccc(S(=O)(=O)N(C)C(C)C)cc1. The van der Waals surface area contributed by atoms with Crippen LogP contribution in [0.2, 0.25) is 0 Å². The number of hydrogen-bond acceptors (Lipinski definition) is 3. The van der Waals surface area contributed by atoms with Crippen molar-refractivity contribution in [3.05, 3.63) is 29.8 Å². The van der Waals surface area contributed by atoms with E-state index < -0.39 is 10.0 Å². The highest BCUT2D eigenvalue weighted by Crippen LogP contribution is 2.17. The van der Waals surface area contributed by atoms with Gasteiger partial charge in [-0.1, -0.05) is 13.3 Å². The van der Waals surface area contributed by atoms with Gasteiger partial charge < -0.3 is 5.32 Å². The van der Waals surface area contributed by atoms with Crippen molar-refractivity contribution < 1.29 is 13.2 Å². The zero-order chi connectivity index (χ0) is 16.0. The summed E-state index contributed by atoms with van der Waals surface area (Å²) in [5.41, 5.74) is 0.470. The van der Waals surface area contributed by atoms with Gasteiger partial charge in [-0.15, -0.1) is 0 Å². The van der Waals surface area contributed by atoms with Crippen molar-refractivity contribution in [1.29, 1.82) is 0 Å². The first-order valence-corrected chi connectivity index (χ1v) is 8.61. The van der Waals surface area contributed by atoms with Crippen molar-refractivity contribution in [2.75, 3.05) is 13.6 Å². The lowest BCUT2D eigenvalue weighted by molar-refractivity contribution is 0.0953. The van der Waals surface area contributed by atoms with Gasteiger partial charge >= 0.3 is 0 Å². The van der Waals surface area contributed by atoms with Gasteiger partial charge in [0.1, 0.15) is 0 Å². The number of hydrogen-bond donors (Lipinski definition) is 1. The van der Waals surface area contributed by atoms with Crippen LogP contribution in [-0.2, 0) is 10.0 Å². The molecule has 1 aromatic carbocycles. The molecular weight excluding hydrogens is 288 g/mol. The molecule has 0 bridgehead atoms. The molecule has 0 unspecified atom stereocenters. The van der Waals surface area contributed by atoms with Gasteiger partial charge in [-0.3, -0.25) is 4.79 Å². The van der Waals surface area contributed by atoms with Crippen molar-refractivity contribution in [3.63, 3.8) is 0 Å². The fourth-order valence-corrected chi connectivity index (χ4v) is 3.07. The number of amides is 1. The molecule has 5 nitrogen and oxygen atoms in total. The Morgan fingerprint density at radius 2 is 1.81 bits per heavy atom. The van der Waals surface area contributed by atoms with Gasteiger partial charge in [-0.2, -0.15) is 4.31 Å². The van der Waals surface area contributed by atoms with Gasteiger partial charge in [0.05, 0.1) is 4.90 Å². The minimum atomic E-state index is -3.50. The second-order valence-electron chi connectivity index (χ2n) is 5.25. The standard InChI is InChI=1S/C15H24N2O3S/c1-5-6-11-16-15(18)13-7-9-14(10-8-13)21(19,20)17(4)12(2)3/h7-10,12H,5-6,11H2,1-4H3,(H,16,18). The third-order valence-electron chi connectivity index (χ3n) is 3.34. The minimum Gasteiger partial charge on any atom is -0.352 e. The molecule has 118 valence electrons. The zero-order valence-corrected chi connectivity index (χ0v) is 13.9. The van der Waals surface area contributed by atoms with Crippen LogP contribution in [0.5, 0.6) is 0 Å². The van der Waals surface area contributed by atoms with E-state index in [-0.39, 0.29) is 16.8 Å². The average Bonchev–Trinajstić information content (AvgIpc) is 2.46. The van der Waals surface area contributed by atoms with Crippen LogP contribution in [0, 0.1) is 0 Å². The number of nitrogens with one attached hydrogen (secondary N) is 1. The molecule has 1 amide bonds. The largest absolute Gasteiger partial charge is 0.352 e. The Morgan fingerprint density at radius 1 is 1.24 bits per heavy atom. The number of carbonyl (C=O) groups is 1. The molecule has 0 aliphatic heterocycles. The van der Waals surface area contributed by atoms with E-state index in [9.17, 15) is 13.2 Å². The van der Waals surface area contributed by atoms with Crippen molar-refractivity contribution in [2.24, 2.45) is 0 Å². The Morgan fingerprint density at radius 3 is 2.29 bits per heavy atom. The highest BCUT2D eigenvalue weighted by Gasteiger charge is 2.23. The highest BCUT2D eigenvalue weighted by atomic mass is 32.2. The maximum atomic E-state index is 12.3. The molecule has 21 heavy (non-hydrogen) atoms. The molecule has 0 heterocycles. The van der Waals surface area contributed by atoms with E-state index >= 15 is 0 Å². The number of rotatable bonds is 7. The van der Waals surface area contributed by atoms with Gasteiger partial charge in [0.15, 0.2) is 0 Å². The molecule has 0 saturated carbocycles. The summed E-state index contributed by atoms with van der Waals surface area (Å²) in [4.78, 5) is 12.0. The maximum absolute atomic E-state index is 12.3. The molecule has 1 aromatic rings. The fourth-order valence-electron chi connectivity index (χ4n) is 1.70. The molecule has 0 saturated heterocycles. The fraction of sp³-hybridized carbons (Fsp3) is 0.533. The summed E-state index contributed by atoms with van der Waals surface area (Å²) in [6.45, 7) is 6.31. The minimum absolute atomic E-state index is 0.119. The lowest BCUT2D eigenvalue weighted by atomic mass is 10.2. The van der Waals surface area contributed by atoms with Crippen molar-refractivity contribution in [2.45, 2.75) is 44.6 Å². The Labute approximate surface area is 127 Å². The lowest BCUT2D eigenvalue weighted by Crippen LogP contribution is -2.33. The average molecular weight is 312 g/mol. The predicted molar refractivity (Wildman–Crippen MR) is 83.8 cm³/mol. The first-order chi connectivity index (χ1) is 9.80. The maximum Gasteiger partial charge on any atom is 0.251 e. The molecule has 1 N–H and O–H groups in total. The summed E-state index contributed by atoms with van der Waals surface area (Å²) >= 11 is 0. The Balaban J connectivity index is 2.85. The van der Waals surface area contributed by atoms with Crippen molar-refractivity contribution >= 4 is 15.9 Å². The monoisotopic (exact) mass is 312 g/mol. The molecule has 1 rings (SSSR count). The number of unbranched alkanes of at least 4 members (excludes halogenated alkanes) is 1. The van der Waals surface area contributed by atoms with Gasteiger partial charge in [0, 0.05) is 25.2 Å². The third kappa shape index (κ3) is 4.54. The van der Waals surface area contributed by atoms with Gasteiger partial charge in [0.2, 0.25) is 10.0 Å². The molecule has 0 radical (unpaired) electrons. The van der Waals surface area contributed by atoms with Crippen LogP contribution in [0.1, 0.15) is 44.0 Å². The van der Waals surface area contributed by atoms with E-state index in [4.69, 9.17) is 0 Å². The quantitative estimate of drug-likeness (QED) is 0.785.